The first-order valence-electron chi connectivity index (χ1n) is 6.50. The lowest BCUT2D eigenvalue weighted by molar-refractivity contribution is -0.153. The Morgan fingerprint density at radius 1 is 1.50 bits per heavy atom. The Bertz CT molecular complexity index is 487. The number of rotatable bonds is 5. The summed E-state index contributed by atoms with van der Waals surface area (Å²) >= 11 is 0. The van der Waals surface area contributed by atoms with Crippen molar-refractivity contribution in [3.63, 3.8) is 0 Å². The third-order valence-corrected chi connectivity index (χ3v) is 3.73. The lowest BCUT2D eigenvalue weighted by Crippen LogP contribution is -2.42. The van der Waals surface area contributed by atoms with Crippen LogP contribution in [0.5, 0.6) is 5.88 Å². The molecule has 2 heterocycles. The molecule has 1 fully saturated rings. The number of anilines is 1. The number of ether oxygens (including phenoxy) is 2. The van der Waals surface area contributed by atoms with Gasteiger partial charge in [0.2, 0.25) is 5.88 Å². The monoisotopic (exact) mass is 281 g/mol. The van der Waals surface area contributed by atoms with Crippen molar-refractivity contribution in [3.05, 3.63) is 11.9 Å². The summed E-state index contributed by atoms with van der Waals surface area (Å²) in [5.74, 6) is 0.287. The van der Waals surface area contributed by atoms with Crippen LogP contribution in [0.2, 0.25) is 0 Å². The number of carboxylic acids is 1. The maximum absolute atomic E-state index is 11.6. The van der Waals surface area contributed by atoms with Gasteiger partial charge in [0.15, 0.2) is 0 Å². The molecule has 0 aliphatic carbocycles. The molecule has 2 rings (SSSR count). The Labute approximate surface area is 117 Å². The Morgan fingerprint density at radius 2 is 2.20 bits per heavy atom. The van der Waals surface area contributed by atoms with E-state index in [-0.39, 0.29) is 0 Å². The predicted molar refractivity (Wildman–Crippen MR) is 71.9 cm³/mol. The van der Waals surface area contributed by atoms with Crippen molar-refractivity contribution < 1.29 is 19.4 Å². The molecule has 110 valence electrons. The van der Waals surface area contributed by atoms with Gasteiger partial charge in [0.1, 0.15) is 12.1 Å². The van der Waals surface area contributed by atoms with E-state index in [2.05, 4.69) is 15.3 Å². The molecule has 0 aromatic carbocycles. The molecule has 0 saturated carbocycles. The second kappa shape index (κ2) is 6.04. The fraction of sp³-hybridized carbons (Fsp3) is 0.615. The van der Waals surface area contributed by atoms with Crippen LogP contribution in [0.1, 0.15) is 18.4 Å². The fourth-order valence-corrected chi connectivity index (χ4v) is 2.30. The molecule has 0 radical (unpaired) electrons. The molecule has 0 amide bonds. The van der Waals surface area contributed by atoms with E-state index in [0.29, 0.717) is 44.3 Å². The van der Waals surface area contributed by atoms with Gasteiger partial charge in [-0.15, -0.1) is 0 Å². The largest absolute Gasteiger partial charge is 0.481 e. The van der Waals surface area contributed by atoms with E-state index in [1.165, 1.54) is 13.4 Å². The third-order valence-electron chi connectivity index (χ3n) is 3.73. The summed E-state index contributed by atoms with van der Waals surface area (Å²) in [5.41, 5.74) is -0.0364. The highest BCUT2D eigenvalue weighted by Gasteiger charge is 2.40. The molecule has 0 unspecified atom stereocenters. The molecular formula is C13H19N3O4. The summed E-state index contributed by atoms with van der Waals surface area (Å²) in [7, 11) is 1.54. The van der Waals surface area contributed by atoms with Gasteiger partial charge in [-0.2, -0.15) is 0 Å². The lowest BCUT2D eigenvalue weighted by Gasteiger charge is -2.33. The Morgan fingerprint density at radius 3 is 2.80 bits per heavy atom. The predicted octanol–water partition coefficient (Wildman–Crippen LogP) is 1.09. The van der Waals surface area contributed by atoms with Crippen molar-refractivity contribution in [1.29, 1.82) is 0 Å². The van der Waals surface area contributed by atoms with Gasteiger partial charge in [-0.3, -0.25) is 4.79 Å². The van der Waals surface area contributed by atoms with E-state index in [0.717, 1.165) is 5.56 Å². The number of hydrogen-bond acceptors (Lipinski definition) is 6. The highest BCUT2D eigenvalue weighted by atomic mass is 16.5. The molecule has 1 aromatic rings. The van der Waals surface area contributed by atoms with Gasteiger partial charge >= 0.3 is 5.97 Å². The normalized spacial score (nSPS) is 17.5. The molecule has 0 bridgehead atoms. The van der Waals surface area contributed by atoms with Gasteiger partial charge in [-0.1, -0.05) is 0 Å². The highest BCUT2D eigenvalue weighted by Crippen LogP contribution is 2.31. The topological polar surface area (TPSA) is 93.6 Å². The minimum absolute atomic E-state index is 0.312. The number of carbonyl (C=O) groups is 1. The minimum atomic E-state index is -0.803. The number of aliphatic carboxylic acids is 1. The fourth-order valence-electron chi connectivity index (χ4n) is 2.30. The van der Waals surface area contributed by atoms with Crippen molar-refractivity contribution in [3.8, 4) is 5.88 Å². The summed E-state index contributed by atoms with van der Waals surface area (Å²) in [4.78, 5) is 19.7. The molecule has 0 atom stereocenters. The van der Waals surface area contributed by atoms with Crippen molar-refractivity contribution >= 4 is 11.8 Å². The average Bonchev–Trinajstić information content (AvgIpc) is 2.47. The minimum Gasteiger partial charge on any atom is -0.481 e. The molecule has 1 aliphatic heterocycles. The molecule has 1 aromatic heterocycles. The SMILES string of the molecule is COc1ncnc(NCC2(C(=O)O)CCOCC2)c1C. The van der Waals surface area contributed by atoms with E-state index in [9.17, 15) is 9.90 Å². The summed E-state index contributed by atoms with van der Waals surface area (Å²) in [5, 5.41) is 12.6. The van der Waals surface area contributed by atoms with Gasteiger partial charge in [0.25, 0.3) is 0 Å². The first kappa shape index (κ1) is 14.5. The number of aromatic nitrogens is 2. The number of carboxylic acid groups (broad SMARTS) is 1. The number of hydrogen-bond donors (Lipinski definition) is 2. The van der Waals surface area contributed by atoms with Gasteiger partial charge in [0.05, 0.1) is 18.1 Å². The highest BCUT2D eigenvalue weighted by molar-refractivity contribution is 5.75. The van der Waals surface area contributed by atoms with Crippen molar-refractivity contribution in [2.45, 2.75) is 19.8 Å². The maximum Gasteiger partial charge on any atom is 0.311 e. The molecular weight excluding hydrogens is 262 g/mol. The van der Waals surface area contributed by atoms with Crippen LogP contribution in [0.3, 0.4) is 0 Å². The Kier molecular flexibility index (Phi) is 4.39. The Hall–Kier alpha value is -1.89. The molecule has 1 saturated heterocycles. The van der Waals surface area contributed by atoms with E-state index in [1.807, 2.05) is 6.92 Å². The second-order valence-corrected chi connectivity index (χ2v) is 4.91. The zero-order valence-electron chi connectivity index (χ0n) is 11.7. The van der Waals surface area contributed by atoms with Crippen molar-refractivity contribution in [1.82, 2.24) is 9.97 Å². The van der Waals surface area contributed by atoms with E-state index < -0.39 is 11.4 Å². The average molecular weight is 281 g/mol. The number of methoxy groups -OCH3 is 1. The lowest BCUT2D eigenvalue weighted by atomic mass is 9.80. The first-order chi connectivity index (χ1) is 9.59. The van der Waals surface area contributed by atoms with Crippen LogP contribution in [0.15, 0.2) is 6.33 Å². The first-order valence-corrected chi connectivity index (χ1v) is 6.50. The van der Waals surface area contributed by atoms with Crippen LogP contribution in [0, 0.1) is 12.3 Å². The zero-order chi connectivity index (χ0) is 14.6. The summed E-state index contributed by atoms with van der Waals surface area (Å²) in [6.45, 7) is 3.09. The molecule has 7 heteroatoms. The summed E-state index contributed by atoms with van der Waals surface area (Å²) in [6.07, 6.45) is 2.39. The van der Waals surface area contributed by atoms with Crippen LogP contribution in [0.25, 0.3) is 0 Å². The zero-order valence-corrected chi connectivity index (χ0v) is 11.7. The van der Waals surface area contributed by atoms with Crippen molar-refractivity contribution in [2.75, 3.05) is 32.2 Å². The molecule has 7 nitrogen and oxygen atoms in total. The summed E-state index contributed by atoms with van der Waals surface area (Å²) in [6, 6.07) is 0. The van der Waals surface area contributed by atoms with E-state index in [1.54, 1.807) is 0 Å². The van der Waals surface area contributed by atoms with Crippen LogP contribution >= 0.6 is 0 Å². The standard InChI is InChI=1S/C13H19N3O4/c1-9-10(15-8-16-11(9)19-2)14-7-13(12(17)18)3-5-20-6-4-13/h8H,3-7H2,1-2H3,(H,17,18)(H,14,15,16). The number of nitrogens with zero attached hydrogens (tertiary/aromatic N) is 2. The molecule has 1 aliphatic rings. The molecule has 20 heavy (non-hydrogen) atoms. The Balaban J connectivity index is 2.12. The second-order valence-electron chi connectivity index (χ2n) is 4.91. The third kappa shape index (κ3) is 2.82. The van der Waals surface area contributed by atoms with E-state index >= 15 is 0 Å². The van der Waals surface area contributed by atoms with Gasteiger partial charge in [0, 0.05) is 19.8 Å². The quantitative estimate of drug-likeness (QED) is 0.834. The molecule has 2 N–H and O–H groups in total. The smallest absolute Gasteiger partial charge is 0.311 e. The van der Waals surface area contributed by atoms with Crippen LogP contribution in [-0.4, -0.2) is 47.9 Å². The van der Waals surface area contributed by atoms with Crippen molar-refractivity contribution in [2.24, 2.45) is 5.41 Å². The van der Waals surface area contributed by atoms with Gasteiger partial charge < -0.3 is 19.9 Å². The van der Waals surface area contributed by atoms with Crippen LogP contribution in [-0.2, 0) is 9.53 Å². The van der Waals surface area contributed by atoms with Crippen LogP contribution < -0.4 is 10.1 Å². The van der Waals surface area contributed by atoms with Gasteiger partial charge in [-0.25, -0.2) is 9.97 Å². The number of nitrogens with one attached hydrogen (secondary N) is 1. The van der Waals surface area contributed by atoms with Gasteiger partial charge in [-0.05, 0) is 19.8 Å². The molecule has 0 spiro atoms. The maximum atomic E-state index is 11.6. The van der Waals surface area contributed by atoms with Crippen LogP contribution in [0.4, 0.5) is 5.82 Å². The summed E-state index contributed by atoms with van der Waals surface area (Å²) < 4.78 is 10.4. The van der Waals surface area contributed by atoms with E-state index in [4.69, 9.17) is 9.47 Å².